The molecule has 4 rings (SSSR count). The second-order valence-corrected chi connectivity index (χ2v) is 6.60. The van der Waals surface area contributed by atoms with Gasteiger partial charge in [-0.1, -0.05) is 36.4 Å². The van der Waals surface area contributed by atoms with Gasteiger partial charge in [-0.25, -0.2) is 4.98 Å². The maximum atomic E-state index is 5.41. The molecule has 138 valence electrons. The first-order valence-electron chi connectivity index (χ1n) is 9.21. The largest absolute Gasteiger partial charge is 0.378 e. The maximum Gasteiger partial charge on any atom is 0.243 e. The Morgan fingerprint density at radius 3 is 2.59 bits per heavy atom. The number of aromatic nitrogens is 3. The lowest BCUT2D eigenvalue weighted by molar-refractivity contribution is 0.122. The third-order valence-electron chi connectivity index (χ3n) is 4.74. The number of aryl methyl sites for hydroxylation is 1. The Kier molecular flexibility index (Phi) is 5.25. The molecule has 1 N–H and O–H groups in total. The van der Waals surface area contributed by atoms with Gasteiger partial charge in [0.1, 0.15) is 0 Å². The predicted molar refractivity (Wildman–Crippen MR) is 107 cm³/mol. The highest BCUT2D eigenvalue weighted by Crippen LogP contribution is 2.21. The monoisotopic (exact) mass is 361 g/mol. The number of ether oxygens (including phenoxy) is 1. The summed E-state index contributed by atoms with van der Waals surface area (Å²) >= 11 is 0. The number of nitrogens with zero attached hydrogens (tertiary/aromatic N) is 4. The highest BCUT2D eigenvalue weighted by atomic mass is 16.5. The Hall–Kier alpha value is -2.99. The second kappa shape index (κ2) is 8.14. The van der Waals surface area contributed by atoms with Crippen molar-refractivity contribution in [3.05, 3.63) is 65.9 Å². The van der Waals surface area contributed by atoms with Gasteiger partial charge in [0.25, 0.3) is 0 Å². The summed E-state index contributed by atoms with van der Waals surface area (Å²) in [4.78, 5) is 6.95. The number of hydrogen-bond donors (Lipinski definition) is 1. The summed E-state index contributed by atoms with van der Waals surface area (Å²) in [5.41, 5.74) is 5.49. The highest BCUT2D eigenvalue weighted by Gasteiger charge is 2.11. The third-order valence-corrected chi connectivity index (χ3v) is 4.74. The van der Waals surface area contributed by atoms with E-state index in [1.807, 2.05) is 18.2 Å². The first-order chi connectivity index (χ1) is 13.3. The molecule has 6 heteroatoms. The van der Waals surface area contributed by atoms with E-state index in [-0.39, 0.29) is 0 Å². The van der Waals surface area contributed by atoms with Gasteiger partial charge in [0.15, 0.2) is 0 Å². The number of nitrogens with one attached hydrogen (secondary N) is 1. The number of hydrogen-bond acceptors (Lipinski definition) is 6. The van der Waals surface area contributed by atoms with Crippen molar-refractivity contribution in [3.63, 3.8) is 0 Å². The molecule has 0 spiro atoms. The van der Waals surface area contributed by atoms with Crippen LogP contribution in [0.2, 0.25) is 0 Å². The van der Waals surface area contributed by atoms with E-state index in [4.69, 9.17) is 4.74 Å². The van der Waals surface area contributed by atoms with Gasteiger partial charge >= 0.3 is 0 Å². The average molecular weight is 361 g/mol. The number of anilines is 2. The minimum absolute atomic E-state index is 0.535. The minimum atomic E-state index is 0.535. The molecule has 1 fully saturated rings. The predicted octanol–water partition coefficient (Wildman–Crippen LogP) is 3.30. The molecule has 2 aromatic carbocycles. The van der Waals surface area contributed by atoms with E-state index in [0.717, 1.165) is 37.6 Å². The van der Waals surface area contributed by atoms with E-state index in [9.17, 15) is 0 Å². The summed E-state index contributed by atoms with van der Waals surface area (Å²) < 4.78 is 5.41. The van der Waals surface area contributed by atoms with Crippen molar-refractivity contribution in [1.29, 1.82) is 0 Å². The fraction of sp³-hybridized carbons (Fsp3) is 0.286. The molecule has 1 saturated heterocycles. The quantitative estimate of drug-likeness (QED) is 0.752. The molecule has 0 amide bonds. The summed E-state index contributed by atoms with van der Waals surface area (Å²) in [6.07, 6.45) is 1.70. The first kappa shape index (κ1) is 17.4. The summed E-state index contributed by atoms with van der Waals surface area (Å²) in [5.74, 6) is 0.535. The molecule has 0 atom stereocenters. The van der Waals surface area contributed by atoms with E-state index >= 15 is 0 Å². The Bertz CT molecular complexity index is 891. The van der Waals surface area contributed by atoms with Crippen molar-refractivity contribution in [3.8, 4) is 11.3 Å². The van der Waals surface area contributed by atoms with Crippen molar-refractivity contribution >= 4 is 11.6 Å². The van der Waals surface area contributed by atoms with Crippen LogP contribution in [0.25, 0.3) is 11.3 Å². The minimum Gasteiger partial charge on any atom is -0.378 e. The van der Waals surface area contributed by atoms with Gasteiger partial charge in [0.05, 0.1) is 25.1 Å². The van der Waals surface area contributed by atoms with Crippen LogP contribution in [-0.2, 0) is 11.3 Å². The normalized spacial score (nSPS) is 14.2. The molecule has 27 heavy (non-hydrogen) atoms. The topological polar surface area (TPSA) is 63.2 Å². The standard InChI is InChI=1S/C21H23N5O/c1-16-4-2-3-5-19(16)20-15-23-25-21(24-20)22-14-17-6-8-18(9-7-17)26-10-12-27-13-11-26/h2-9,15H,10-14H2,1H3,(H,22,24,25). The van der Waals surface area contributed by atoms with Gasteiger partial charge < -0.3 is 15.0 Å². The average Bonchev–Trinajstić information content (AvgIpc) is 2.74. The molecule has 0 radical (unpaired) electrons. The third kappa shape index (κ3) is 4.23. The van der Waals surface area contributed by atoms with Crippen molar-refractivity contribution in [2.75, 3.05) is 36.5 Å². The SMILES string of the molecule is Cc1ccccc1-c1cnnc(NCc2ccc(N3CCOCC3)cc2)n1. The van der Waals surface area contributed by atoms with Crippen molar-refractivity contribution in [1.82, 2.24) is 15.2 Å². The second-order valence-electron chi connectivity index (χ2n) is 6.60. The van der Waals surface area contributed by atoms with Crippen LogP contribution in [-0.4, -0.2) is 41.5 Å². The van der Waals surface area contributed by atoms with Gasteiger partial charge in [-0.15, -0.1) is 5.10 Å². The Balaban J connectivity index is 1.41. The van der Waals surface area contributed by atoms with Crippen molar-refractivity contribution < 1.29 is 4.74 Å². The van der Waals surface area contributed by atoms with Gasteiger partial charge in [-0.2, -0.15) is 5.10 Å². The molecular weight excluding hydrogens is 338 g/mol. The van der Waals surface area contributed by atoms with Crippen LogP contribution in [0.15, 0.2) is 54.7 Å². The fourth-order valence-corrected chi connectivity index (χ4v) is 3.20. The van der Waals surface area contributed by atoms with Gasteiger partial charge in [-0.3, -0.25) is 0 Å². The molecule has 3 aromatic rings. The summed E-state index contributed by atoms with van der Waals surface area (Å²) in [6.45, 7) is 6.21. The van der Waals surface area contributed by atoms with E-state index in [0.29, 0.717) is 12.5 Å². The molecule has 0 bridgehead atoms. The zero-order valence-corrected chi connectivity index (χ0v) is 15.4. The summed E-state index contributed by atoms with van der Waals surface area (Å²) in [6, 6.07) is 16.7. The highest BCUT2D eigenvalue weighted by molar-refractivity contribution is 5.63. The van der Waals surface area contributed by atoms with Crippen LogP contribution in [0.4, 0.5) is 11.6 Å². The maximum absolute atomic E-state index is 5.41. The van der Waals surface area contributed by atoms with Crippen LogP contribution in [0, 0.1) is 6.92 Å². The Morgan fingerprint density at radius 2 is 1.81 bits per heavy atom. The smallest absolute Gasteiger partial charge is 0.243 e. The molecular formula is C21H23N5O. The Morgan fingerprint density at radius 1 is 1.04 bits per heavy atom. The zero-order chi connectivity index (χ0) is 18.5. The molecule has 0 unspecified atom stereocenters. The van der Waals surface area contributed by atoms with Crippen LogP contribution >= 0.6 is 0 Å². The van der Waals surface area contributed by atoms with E-state index < -0.39 is 0 Å². The number of rotatable bonds is 5. The molecule has 1 aliphatic heterocycles. The molecule has 0 saturated carbocycles. The van der Waals surface area contributed by atoms with E-state index in [1.54, 1.807) is 6.20 Å². The molecule has 2 heterocycles. The van der Waals surface area contributed by atoms with Crippen LogP contribution < -0.4 is 10.2 Å². The molecule has 0 aliphatic carbocycles. The van der Waals surface area contributed by atoms with Crippen molar-refractivity contribution in [2.45, 2.75) is 13.5 Å². The fourth-order valence-electron chi connectivity index (χ4n) is 3.20. The lowest BCUT2D eigenvalue weighted by Crippen LogP contribution is -2.36. The Labute approximate surface area is 159 Å². The lowest BCUT2D eigenvalue weighted by atomic mass is 10.1. The van der Waals surface area contributed by atoms with Crippen molar-refractivity contribution in [2.24, 2.45) is 0 Å². The van der Waals surface area contributed by atoms with E-state index in [1.165, 1.54) is 16.8 Å². The van der Waals surface area contributed by atoms with Gasteiger partial charge in [-0.05, 0) is 30.2 Å². The number of morpholine rings is 1. The zero-order valence-electron chi connectivity index (χ0n) is 15.4. The molecule has 1 aliphatic rings. The van der Waals surface area contributed by atoms with Crippen LogP contribution in [0.1, 0.15) is 11.1 Å². The van der Waals surface area contributed by atoms with Gasteiger partial charge in [0, 0.05) is 30.9 Å². The summed E-state index contributed by atoms with van der Waals surface area (Å²) in [5, 5.41) is 11.5. The van der Waals surface area contributed by atoms with E-state index in [2.05, 4.69) is 62.7 Å². The molecule has 6 nitrogen and oxygen atoms in total. The first-order valence-corrected chi connectivity index (χ1v) is 9.21. The lowest BCUT2D eigenvalue weighted by Gasteiger charge is -2.28. The van der Waals surface area contributed by atoms with Crippen LogP contribution in [0.5, 0.6) is 0 Å². The van der Waals surface area contributed by atoms with Gasteiger partial charge in [0.2, 0.25) is 5.95 Å². The van der Waals surface area contributed by atoms with Crippen LogP contribution in [0.3, 0.4) is 0 Å². The summed E-state index contributed by atoms with van der Waals surface area (Å²) in [7, 11) is 0. The molecule has 1 aromatic heterocycles. The number of benzene rings is 2.